The minimum Gasteiger partial charge on any atom is -0.467 e. The average molecular weight is 387 g/mol. The zero-order valence-electron chi connectivity index (χ0n) is 16.1. The van der Waals surface area contributed by atoms with Crippen LogP contribution in [0.15, 0.2) is 75.5 Å². The number of hydrogen-bond acceptors (Lipinski definition) is 5. The van der Waals surface area contributed by atoms with Crippen molar-refractivity contribution >= 4 is 0 Å². The van der Waals surface area contributed by atoms with Crippen molar-refractivity contribution in [3.8, 4) is 11.8 Å². The maximum absolute atomic E-state index is 13.4. The lowest BCUT2D eigenvalue weighted by Gasteiger charge is -2.27. The fourth-order valence-electron chi connectivity index (χ4n) is 3.78. The highest BCUT2D eigenvalue weighted by Gasteiger charge is 2.33. The highest BCUT2D eigenvalue weighted by molar-refractivity contribution is 5.49. The molecule has 0 saturated heterocycles. The van der Waals surface area contributed by atoms with Crippen LogP contribution in [0.5, 0.6) is 5.75 Å². The molecule has 6 nitrogen and oxygen atoms in total. The molecule has 0 radical (unpaired) electrons. The summed E-state index contributed by atoms with van der Waals surface area (Å²) in [6.07, 6.45) is 2.88. The van der Waals surface area contributed by atoms with Gasteiger partial charge < -0.3 is 19.5 Å². The third-order valence-corrected chi connectivity index (χ3v) is 5.27. The molecule has 0 unspecified atom stereocenters. The summed E-state index contributed by atoms with van der Waals surface area (Å²) in [4.78, 5) is 13.4. The lowest BCUT2D eigenvalue weighted by Crippen LogP contribution is -2.32. The van der Waals surface area contributed by atoms with E-state index in [0.717, 1.165) is 17.7 Å². The second-order valence-corrected chi connectivity index (χ2v) is 7.10. The van der Waals surface area contributed by atoms with Gasteiger partial charge in [0.2, 0.25) is 5.88 Å². The van der Waals surface area contributed by atoms with Crippen molar-refractivity contribution in [3.05, 3.63) is 99.2 Å². The second-order valence-electron chi connectivity index (χ2n) is 7.10. The minimum atomic E-state index is -0.417. The molecule has 0 fully saturated rings. The Hall–Kier alpha value is -3.72. The highest BCUT2D eigenvalue weighted by atomic mass is 16.5. The smallest absolute Gasteiger partial charge is 0.258 e. The minimum absolute atomic E-state index is 0.0700. The van der Waals surface area contributed by atoms with E-state index in [4.69, 9.17) is 14.9 Å². The Morgan fingerprint density at radius 2 is 2.00 bits per heavy atom. The fraction of sp³-hybridized carbons (Fsp3) is 0.217. The quantitative estimate of drug-likeness (QED) is 0.722. The van der Waals surface area contributed by atoms with Crippen molar-refractivity contribution in [1.82, 2.24) is 4.57 Å². The Labute approximate surface area is 168 Å². The Morgan fingerprint density at radius 1 is 1.21 bits per heavy atom. The van der Waals surface area contributed by atoms with Gasteiger partial charge >= 0.3 is 0 Å². The Kier molecular flexibility index (Phi) is 4.96. The van der Waals surface area contributed by atoms with Gasteiger partial charge in [-0.1, -0.05) is 30.3 Å². The van der Waals surface area contributed by atoms with E-state index in [1.54, 1.807) is 23.0 Å². The first-order valence-corrected chi connectivity index (χ1v) is 9.46. The zero-order valence-corrected chi connectivity index (χ0v) is 16.1. The van der Waals surface area contributed by atoms with E-state index in [1.165, 1.54) is 0 Å². The number of aryl methyl sites for hydroxylation is 2. The standard InChI is InChI=1S/C23H21N3O3/c1-15-12-20-21(23(27)26(15)14-17-8-5-11-28-17)18(19(13-24)22(25)29-20)10-9-16-6-3-2-4-7-16/h2-8,11-12,18H,9-10,14,25H2,1H3/t18-/m0/s1. The van der Waals surface area contributed by atoms with Crippen LogP contribution in [-0.4, -0.2) is 4.57 Å². The van der Waals surface area contributed by atoms with Crippen molar-refractivity contribution in [2.45, 2.75) is 32.2 Å². The molecule has 1 aliphatic heterocycles. The monoisotopic (exact) mass is 387 g/mol. The number of furan rings is 1. The molecule has 1 atom stereocenters. The third kappa shape index (κ3) is 3.55. The van der Waals surface area contributed by atoms with Crippen molar-refractivity contribution in [1.29, 1.82) is 5.26 Å². The number of fused-ring (bicyclic) bond motifs is 1. The summed E-state index contributed by atoms with van der Waals surface area (Å²) in [5.74, 6) is 0.765. The van der Waals surface area contributed by atoms with Crippen LogP contribution in [0, 0.1) is 18.3 Å². The van der Waals surface area contributed by atoms with E-state index >= 15 is 0 Å². The van der Waals surface area contributed by atoms with Crippen LogP contribution >= 0.6 is 0 Å². The van der Waals surface area contributed by atoms with Crippen molar-refractivity contribution < 1.29 is 9.15 Å². The number of benzene rings is 1. The summed E-state index contributed by atoms with van der Waals surface area (Å²) in [6, 6.07) is 17.5. The number of rotatable bonds is 5. The van der Waals surface area contributed by atoms with Crippen molar-refractivity contribution in [2.24, 2.45) is 5.73 Å². The lowest BCUT2D eigenvalue weighted by molar-refractivity contribution is 0.379. The van der Waals surface area contributed by atoms with Gasteiger partial charge in [0, 0.05) is 17.7 Å². The van der Waals surface area contributed by atoms with Gasteiger partial charge in [0.05, 0.1) is 23.9 Å². The molecule has 1 aromatic carbocycles. The summed E-state index contributed by atoms with van der Waals surface area (Å²) < 4.78 is 12.7. The van der Waals surface area contributed by atoms with Crippen LogP contribution < -0.4 is 16.0 Å². The van der Waals surface area contributed by atoms with Crippen molar-refractivity contribution in [3.63, 3.8) is 0 Å². The number of ether oxygens (including phenoxy) is 1. The molecule has 3 aromatic rings. The number of aromatic nitrogens is 1. The number of nitriles is 1. The Balaban J connectivity index is 1.77. The predicted molar refractivity (Wildman–Crippen MR) is 108 cm³/mol. The van der Waals surface area contributed by atoms with Gasteiger partial charge in [0.25, 0.3) is 5.56 Å². The maximum atomic E-state index is 13.4. The van der Waals surface area contributed by atoms with Crippen LogP contribution in [0.3, 0.4) is 0 Å². The van der Waals surface area contributed by atoms with Crippen LogP contribution in [0.1, 0.15) is 34.9 Å². The molecular formula is C23H21N3O3. The molecule has 0 bridgehead atoms. The summed E-state index contributed by atoms with van der Waals surface area (Å²) in [5, 5.41) is 9.69. The van der Waals surface area contributed by atoms with Gasteiger partial charge in [0.15, 0.2) is 0 Å². The van der Waals surface area contributed by atoms with Gasteiger partial charge in [0.1, 0.15) is 17.6 Å². The molecule has 2 N–H and O–H groups in total. The van der Waals surface area contributed by atoms with E-state index in [2.05, 4.69) is 6.07 Å². The molecule has 1 aliphatic rings. The average Bonchev–Trinajstić information content (AvgIpc) is 3.23. The zero-order chi connectivity index (χ0) is 20.4. The summed E-state index contributed by atoms with van der Waals surface area (Å²) in [5.41, 5.74) is 8.49. The maximum Gasteiger partial charge on any atom is 0.258 e. The summed E-state index contributed by atoms with van der Waals surface area (Å²) in [7, 11) is 0. The molecule has 29 heavy (non-hydrogen) atoms. The predicted octanol–water partition coefficient (Wildman–Crippen LogP) is 3.60. The van der Waals surface area contributed by atoms with Gasteiger partial charge in [-0.2, -0.15) is 5.26 Å². The second kappa shape index (κ2) is 7.72. The molecular weight excluding hydrogens is 366 g/mol. The normalized spacial score (nSPS) is 15.5. The van der Waals surface area contributed by atoms with Crippen LogP contribution in [-0.2, 0) is 13.0 Å². The van der Waals surface area contributed by atoms with Gasteiger partial charge in [-0.3, -0.25) is 4.79 Å². The summed E-state index contributed by atoms with van der Waals surface area (Å²) >= 11 is 0. The largest absolute Gasteiger partial charge is 0.467 e. The molecule has 0 amide bonds. The Morgan fingerprint density at radius 3 is 2.69 bits per heavy atom. The molecule has 4 rings (SSSR count). The Bertz CT molecular complexity index is 1150. The number of allylic oxidation sites excluding steroid dienone is 1. The lowest BCUT2D eigenvalue weighted by atomic mass is 9.85. The van der Waals surface area contributed by atoms with E-state index < -0.39 is 5.92 Å². The van der Waals surface area contributed by atoms with Gasteiger partial charge in [-0.15, -0.1) is 0 Å². The van der Waals surface area contributed by atoms with E-state index in [0.29, 0.717) is 35.6 Å². The molecule has 146 valence electrons. The molecule has 0 spiro atoms. The van der Waals surface area contributed by atoms with Crippen LogP contribution in [0.2, 0.25) is 0 Å². The van der Waals surface area contributed by atoms with Gasteiger partial charge in [-0.25, -0.2) is 0 Å². The van der Waals surface area contributed by atoms with Crippen LogP contribution in [0.4, 0.5) is 0 Å². The third-order valence-electron chi connectivity index (χ3n) is 5.27. The van der Waals surface area contributed by atoms with Gasteiger partial charge in [-0.05, 0) is 37.5 Å². The van der Waals surface area contributed by atoms with E-state index in [-0.39, 0.29) is 11.4 Å². The van der Waals surface area contributed by atoms with E-state index in [9.17, 15) is 10.1 Å². The molecule has 2 aromatic heterocycles. The van der Waals surface area contributed by atoms with Crippen molar-refractivity contribution in [2.75, 3.05) is 0 Å². The number of pyridine rings is 1. The molecule has 6 heteroatoms. The number of hydrogen-bond donors (Lipinski definition) is 1. The molecule has 0 saturated carbocycles. The topological polar surface area (TPSA) is 94.2 Å². The highest BCUT2D eigenvalue weighted by Crippen LogP contribution is 2.39. The first kappa shape index (κ1) is 18.6. The fourth-order valence-corrected chi connectivity index (χ4v) is 3.78. The molecule has 0 aliphatic carbocycles. The first-order chi connectivity index (χ1) is 14.1. The number of nitrogens with zero attached hydrogens (tertiary/aromatic N) is 2. The summed E-state index contributed by atoms with van der Waals surface area (Å²) in [6.45, 7) is 2.16. The van der Waals surface area contributed by atoms with Crippen LogP contribution in [0.25, 0.3) is 0 Å². The van der Waals surface area contributed by atoms with E-state index in [1.807, 2.05) is 43.3 Å². The SMILES string of the molecule is Cc1cc2c(c(=O)n1Cc1ccco1)[C@@H](CCc1ccccc1)C(C#N)=C(N)O2. The first-order valence-electron chi connectivity index (χ1n) is 9.46. The number of nitrogens with two attached hydrogens (primary N) is 1. The molecule has 3 heterocycles.